The van der Waals surface area contributed by atoms with E-state index in [-0.39, 0.29) is 6.04 Å². The fourth-order valence-electron chi connectivity index (χ4n) is 2.97. The number of hydrogen-bond donors (Lipinski definition) is 1. The molecule has 0 aliphatic heterocycles. The molecule has 0 bridgehead atoms. The zero-order chi connectivity index (χ0) is 16.4. The first-order chi connectivity index (χ1) is 11.0. The van der Waals surface area contributed by atoms with Crippen LogP contribution in [-0.2, 0) is 6.54 Å². The van der Waals surface area contributed by atoms with Crippen molar-refractivity contribution in [3.05, 3.63) is 64.9 Å². The minimum absolute atomic E-state index is 0.0680. The molecule has 3 rings (SSSR count). The van der Waals surface area contributed by atoms with Gasteiger partial charge in [-0.25, -0.2) is 4.98 Å². The lowest BCUT2D eigenvalue weighted by Gasteiger charge is -2.16. The largest absolute Gasteiger partial charge is 0.322 e. The highest BCUT2D eigenvalue weighted by molar-refractivity contribution is 6.30. The molecular weight excluding hydrogens is 306 g/mol. The lowest BCUT2D eigenvalue weighted by Crippen LogP contribution is -2.19. The molecule has 0 aliphatic rings. The maximum absolute atomic E-state index is 6.43. The molecular formula is C19H22ClN3. The van der Waals surface area contributed by atoms with Gasteiger partial charge in [-0.2, -0.15) is 0 Å². The van der Waals surface area contributed by atoms with Crippen molar-refractivity contribution < 1.29 is 0 Å². The molecule has 0 saturated heterocycles. The van der Waals surface area contributed by atoms with Gasteiger partial charge in [0.25, 0.3) is 0 Å². The highest BCUT2D eigenvalue weighted by Crippen LogP contribution is 2.25. The number of rotatable bonds is 5. The first-order valence-electron chi connectivity index (χ1n) is 8.00. The molecule has 0 aliphatic carbocycles. The summed E-state index contributed by atoms with van der Waals surface area (Å²) in [4.78, 5) is 4.79. The molecule has 1 atom stereocenters. The van der Waals surface area contributed by atoms with Gasteiger partial charge in [0.2, 0.25) is 0 Å². The summed E-state index contributed by atoms with van der Waals surface area (Å²) in [5, 5.41) is 0.750. The number of halogens is 1. The Labute approximate surface area is 142 Å². The molecule has 1 unspecified atom stereocenters. The van der Waals surface area contributed by atoms with Crippen LogP contribution < -0.4 is 5.73 Å². The number of para-hydroxylation sites is 2. The van der Waals surface area contributed by atoms with Crippen molar-refractivity contribution >= 4 is 22.6 Å². The molecule has 0 fully saturated rings. The molecule has 0 saturated carbocycles. The summed E-state index contributed by atoms with van der Waals surface area (Å²) in [7, 11) is 0. The molecule has 0 amide bonds. The molecule has 0 radical (unpaired) electrons. The Bertz CT molecular complexity index is 807. The third kappa shape index (κ3) is 3.57. The monoisotopic (exact) mass is 327 g/mol. The summed E-state index contributed by atoms with van der Waals surface area (Å²) in [6.45, 7) is 5.09. The van der Waals surface area contributed by atoms with Gasteiger partial charge in [-0.05, 0) is 42.2 Å². The van der Waals surface area contributed by atoms with Crippen molar-refractivity contribution in [3.63, 3.8) is 0 Å². The third-order valence-electron chi connectivity index (χ3n) is 3.97. The predicted molar refractivity (Wildman–Crippen MR) is 96.7 cm³/mol. The Hall–Kier alpha value is -1.84. The van der Waals surface area contributed by atoms with Gasteiger partial charge in [0.1, 0.15) is 5.82 Å². The molecule has 0 spiro atoms. The number of nitrogens with zero attached hydrogens (tertiary/aromatic N) is 2. The van der Waals surface area contributed by atoms with Crippen LogP contribution >= 0.6 is 11.6 Å². The number of benzene rings is 2. The Morgan fingerprint density at radius 2 is 1.91 bits per heavy atom. The second-order valence-electron chi connectivity index (χ2n) is 6.41. The van der Waals surface area contributed by atoms with E-state index >= 15 is 0 Å². The molecule has 23 heavy (non-hydrogen) atoms. The number of hydrogen-bond acceptors (Lipinski definition) is 2. The fourth-order valence-corrected chi connectivity index (χ4v) is 3.19. The van der Waals surface area contributed by atoms with E-state index in [1.165, 1.54) is 0 Å². The zero-order valence-corrected chi connectivity index (χ0v) is 14.3. The van der Waals surface area contributed by atoms with E-state index in [2.05, 4.69) is 30.5 Å². The van der Waals surface area contributed by atoms with Gasteiger partial charge in [0.15, 0.2) is 0 Å². The van der Waals surface area contributed by atoms with Crippen LogP contribution in [-0.4, -0.2) is 9.55 Å². The smallest absolute Gasteiger partial charge is 0.127 e. The zero-order valence-electron chi connectivity index (χ0n) is 13.5. The van der Waals surface area contributed by atoms with Crippen molar-refractivity contribution in [2.75, 3.05) is 0 Å². The van der Waals surface area contributed by atoms with Gasteiger partial charge in [0, 0.05) is 11.6 Å². The van der Waals surface area contributed by atoms with Gasteiger partial charge in [-0.3, -0.25) is 0 Å². The molecule has 3 aromatic rings. The van der Waals surface area contributed by atoms with E-state index < -0.39 is 0 Å². The summed E-state index contributed by atoms with van der Waals surface area (Å²) in [5.41, 5.74) is 9.69. The van der Waals surface area contributed by atoms with E-state index in [9.17, 15) is 0 Å². The highest BCUT2D eigenvalue weighted by Gasteiger charge is 2.18. The molecule has 2 N–H and O–H groups in total. The fraction of sp³-hybridized carbons (Fsp3) is 0.316. The maximum atomic E-state index is 6.43. The topological polar surface area (TPSA) is 43.8 Å². The van der Waals surface area contributed by atoms with Gasteiger partial charge in [-0.1, -0.05) is 49.7 Å². The number of imidazole rings is 1. The van der Waals surface area contributed by atoms with Crippen molar-refractivity contribution in [1.29, 1.82) is 0 Å². The second-order valence-corrected chi connectivity index (χ2v) is 6.85. The van der Waals surface area contributed by atoms with Crippen LogP contribution in [0.3, 0.4) is 0 Å². The Kier molecular flexibility index (Phi) is 4.69. The maximum Gasteiger partial charge on any atom is 0.127 e. The lowest BCUT2D eigenvalue weighted by molar-refractivity contribution is 0.481. The third-order valence-corrected chi connectivity index (χ3v) is 4.21. The molecule has 4 heteroatoms. The first-order valence-corrected chi connectivity index (χ1v) is 8.37. The van der Waals surface area contributed by atoms with Crippen LogP contribution in [0.1, 0.15) is 37.7 Å². The number of nitrogens with two attached hydrogens (primary N) is 1. The Morgan fingerprint density at radius 3 is 2.65 bits per heavy atom. The second kappa shape index (κ2) is 6.73. The van der Waals surface area contributed by atoms with E-state index in [0.29, 0.717) is 5.92 Å². The van der Waals surface area contributed by atoms with Crippen molar-refractivity contribution in [1.82, 2.24) is 9.55 Å². The van der Waals surface area contributed by atoms with Crippen LogP contribution in [0.4, 0.5) is 0 Å². The molecule has 120 valence electrons. The summed E-state index contributed by atoms with van der Waals surface area (Å²) >= 11 is 6.12. The van der Waals surface area contributed by atoms with Crippen LogP contribution in [0.25, 0.3) is 11.0 Å². The van der Waals surface area contributed by atoms with Gasteiger partial charge in [-0.15, -0.1) is 0 Å². The van der Waals surface area contributed by atoms with Crippen LogP contribution in [0, 0.1) is 5.92 Å². The molecule has 1 aromatic heterocycles. The average Bonchev–Trinajstić information content (AvgIpc) is 2.86. The van der Waals surface area contributed by atoms with Gasteiger partial charge >= 0.3 is 0 Å². The summed E-state index contributed by atoms with van der Waals surface area (Å²) < 4.78 is 2.22. The van der Waals surface area contributed by atoms with E-state index in [4.69, 9.17) is 22.3 Å². The van der Waals surface area contributed by atoms with Crippen LogP contribution in [0.5, 0.6) is 0 Å². The summed E-state index contributed by atoms with van der Waals surface area (Å²) in [6, 6.07) is 16.1. The van der Waals surface area contributed by atoms with Crippen molar-refractivity contribution in [2.45, 2.75) is 32.9 Å². The summed E-state index contributed by atoms with van der Waals surface area (Å²) in [5.74, 6) is 1.48. The van der Waals surface area contributed by atoms with Gasteiger partial charge in [0.05, 0.1) is 17.1 Å². The lowest BCUT2D eigenvalue weighted by atomic mass is 10.0. The quantitative estimate of drug-likeness (QED) is 0.732. The number of aromatic nitrogens is 2. The Balaban J connectivity index is 2.05. The Morgan fingerprint density at radius 1 is 1.13 bits per heavy atom. The van der Waals surface area contributed by atoms with Crippen LogP contribution in [0.15, 0.2) is 48.5 Å². The standard InChI is InChI=1S/C19H22ClN3/c1-13(2)10-16(21)19-22-17-8-3-4-9-18(17)23(19)12-14-6-5-7-15(20)11-14/h3-9,11,13,16H,10,12,21H2,1-2H3. The predicted octanol–water partition coefficient (Wildman–Crippen LogP) is 4.78. The molecule has 3 nitrogen and oxygen atoms in total. The van der Waals surface area contributed by atoms with Crippen molar-refractivity contribution in [2.24, 2.45) is 11.7 Å². The number of fused-ring (bicyclic) bond motifs is 1. The van der Waals surface area contributed by atoms with E-state index in [1.807, 2.05) is 36.4 Å². The normalized spacial score (nSPS) is 12.9. The first kappa shape index (κ1) is 16.0. The van der Waals surface area contributed by atoms with E-state index in [1.54, 1.807) is 0 Å². The van der Waals surface area contributed by atoms with Crippen LogP contribution in [0.2, 0.25) is 5.02 Å². The van der Waals surface area contributed by atoms with E-state index in [0.717, 1.165) is 40.4 Å². The SMILES string of the molecule is CC(C)CC(N)c1nc2ccccc2n1Cc1cccc(Cl)c1. The van der Waals surface area contributed by atoms with Gasteiger partial charge < -0.3 is 10.3 Å². The average molecular weight is 328 g/mol. The minimum Gasteiger partial charge on any atom is -0.322 e. The van der Waals surface area contributed by atoms with Crippen molar-refractivity contribution in [3.8, 4) is 0 Å². The molecule has 2 aromatic carbocycles. The summed E-state index contributed by atoms with van der Waals surface area (Å²) in [6.07, 6.45) is 0.916. The minimum atomic E-state index is -0.0680. The highest BCUT2D eigenvalue weighted by atomic mass is 35.5. The molecule has 1 heterocycles.